The van der Waals surface area contributed by atoms with Gasteiger partial charge in [0.2, 0.25) is 5.82 Å². The van der Waals surface area contributed by atoms with Crippen molar-refractivity contribution in [2.75, 3.05) is 0 Å². The Kier molecular flexibility index (Phi) is 13.8. The fourth-order valence-electron chi connectivity index (χ4n) is 5.21. The van der Waals surface area contributed by atoms with Gasteiger partial charge in [-0.15, -0.1) is 0 Å². The van der Waals surface area contributed by atoms with Crippen molar-refractivity contribution in [2.24, 2.45) is 5.92 Å². The van der Waals surface area contributed by atoms with Gasteiger partial charge in [-0.1, -0.05) is 58.3 Å². The van der Waals surface area contributed by atoms with Gasteiger partial charge in [-0.3, -0.25) is 0 Å². The van der Waals surface area contributed by atoms with E-state index >= 15 is 0 Å². The summed E-state index contributed by atoms with van der Waals surface area (Å²) in [7, 11) is 0. The van der Waals surface area contributed by atoms with Gasteiger partial charge in [0.05, 0.1) is 18.3 Å². The van der Waals surface area contributed by atoms with E-state index < -0.39 is 47.0 Å². The van der Waals surface area contributed by atoms with E-state index in [1.54, 1.807) is 0 Å². The number of hydrogen-bond donors (Lipinski definition) is 0. The molecule has 8 heteroatoms. The Balaban J connectivity index is 2.19. The Labute approximate surface area is 219 Å². The fourth-order valence-corrected chi connectivity index (χ4v) is 5.21. The molecule has 0 heterocycles. The predicted molar refractivity (Wildman–Crippen MR) is 135 cm³/mol. The molecule has 0 N–H and O–H groups in total. The highest BCUT2D eigenvalue weighted by atomic mass is 19.2. The maximum Gasteiger partial charge on any atom is 0.272 e. The lowest BCUT2D eigenvalue weighted by atomic mass is 9.74. The summed E-state index contributed by atoms with van der Waals surface area (Å²) in [5, 5.41) is 0. The molecule has 3 nitrogen and oxygen atoms in total. The summed E-state index contributed by atoms with van der Waals surface area (Å²) in [6.07, 6.45) is 9.97. The average Bonchev–Trinajstić information content (AvgIpc) is 2.84. The van der Waals surface area contributed by atoms with Crippen LogP contribution in [0, 0.1) is 35.0 Å². The molecule has 37 heavy (non-hydrogen) atoms. The second-order valence-electron chi connectivity index (χ2n) is 10.9. The summed E-state index contributed by atoms with van der Waals surface area (Å²) in [6.45, 7) is 8.80. The van der Waals surface area contributed by atoms with Gasteiger partial charge in [0.1, 0.15) is 0 Å². The monoisotopic (exact) mass is 536 g/mol. The lowest BCUT2D eigenvalue weighted by molar-refractivity contribution is -0.332. The van der Waals surface area contributed by atoms with E-state index in [1.165, 1.54) is 25.7 Å². The van der Waals surface area contributed by atoms with Gasteiger partial charge < -0.3 is 14.2 Å². The van der Waals surface area contributed by atoms with E-state index in [0.717, 1.165) is 25.7 Å². The molecule has 0 spiro atoms. The van der Waals surface area contributed by atoms with E-state index in [9.17, 15) is 22.0 Å². The summed E-state index contributed by atoms with van der Waals surface area (Å²) in [6, 6.07) is 0. The predicted octanol–water partition coefficient (Wildman–Crippen LogP) is 9.32. The Morgan fingerprint density at radius 2 is 1.19 bits per heavy atom. The second kappa shape index (κ2) is 16.0. The Hall–Kier alpha value is -1.25. The first kappa shape index (κ1) is 32.0. The highest BCUT2D eigenvalue weighted by molar-refractivity contribution is 5.28. The topological polar surface area (TPSA) is 27.7 Å². The number of rotatable bonds is 16. The lowest BCUT2D eigenvalue weighted by Gasteiger charge is -2.37. The van der Waals surface area contributed by atoms with E-state index in [1.807, 2.05) is 27.7 Å². The van der Waals surface area contributed by atoms with Crippen molar-refractivity contribution in [1.29, 1.82) is 0 Å². The zero-order chi connectivity index (χ0) is 27.5. The Morgan fingerprint density at radius 1 is 0.676 bits per heavy atom. The fraction of sp³-hybridized carbons (Fsp3) is 0.793. The molecule has 3 unspecified atom stereocenters. The molecule has 0 aromatic heterocycles. The van der Waals surface area contributed by atoms with Gasteiger partial charge in [0.15, 0.2) is 23.3 Å². The molecule has 1 aliphatic carbocycles. The van der Waals surface area contributed by atoms with Crippen molar-refractivity contribution in [3.63, 3.8) is 0 Å². The third-order valence-electron chi connectivity index (χ3n) is 7.04. The summed E-state index contributed by atoms with van der Waals surface area (Å²) in [5.41, 5.74) is -0.704. The van der Waals surface area contributed by atoms with Crippen molar-refractivity contribution in [3.8, 4) is 0 Å². The molecule has 0 amide bonds. The van der Waals surface area contributed by atoms with Crippen LogP contribution in [0.15, 0.2) is 0 Å². The largest absolute Gasteiger partial charge is 0.327 e. The molecule has 1 aromatic carbocycles. The molecule has 0 radical (unpaired) electrons. The van der Waals surface area contributed by atoms with Crippen LogP contribution in [0.3, 0.4) is 0 Å². The van der Waals surface area contributed by atoms with E-state index in [4.69, 9.17) is 14.2 Å². The number of unbranched alkanes of at least 4 members (excludes halogenated alkanes) is 6. The Morgan fingerprint density at radius 3 is 1.73 bits per heavy atom. The minimum Gasteiger partial charge on any atom is -0.327 e. The average molecular weight is 537 g/mol. The first-order chi connectivity index (χ1) is 17.6. The number of benzene rings is 1. The van der Waals surface area contributed by atoms with Crippen molar-refractivity contribution >= 4 is 0 Å². The minimum atomic E-state index is -2.12. The summed E-state index contributed by atoms with van der Waals surface area (Å²) in [5.74, 6) is -10.2. The molecule has 1 aromatic rings. The summed E-state index contributed by atoms with van der Waals surface area (Å²) >= 11 is 0. The molecular weight excluding hydrogens is 491 g/mol. The van der Waals surface area contributed by atoms with E-state index in [0.29, 0.717) is 19.3 Å². The van der Waals surface area contributed by atoms with Crippen LogP contribution >= 0.6 is 0 Å². The molecular formula is C29H45F5O3. The van der Waals surface area contributed by atoms with Crippen molar-refractivity contribution in [3.05, 3.63) is 34.6 Å². The van der Waals surface area contributed by atoms with Crippen LogP contribution < -0.4 is 0 Å². The quantitative estimate of drug-likeness (QED) is 0.0693. The molecule has 1 aliphatic rings. The van der Waals surface area contributed by atoms with Gasteiger partial charge in [0, 0.05) is 5.56 Å². The van der Waals surface area contributed by atoms with Crippen LogP contribution in [0.1, 0.15) is 123 Å². The highest BCUT2D eigenvalue weighted by Crippen LogP contribution is 2.42. The van der Waals surface area contributed by atoms with Gasteiger partial charge in [-0.05, 0) is 65.2 Å². The molecule has 2 rings (SSSR count). The normalized spacial score (nSPS) is 19.4. The molecule has 1 fully saturated rings. The first-order valence-electron chi connectivity index (χ1n) is 14.0. The van der Waals surface area contributed by atoms with Crippen LogP contribution in [-0.4, -0.2) is 24.8 Å². The summed E-state index contributed by atoms with van der Waals surface area (Å²) in [4.78, 5) is 0. The molecule has 0 bridgehead atoms. The number of ether oxygens (including phenoxy) is 3. The van der Waals surface area contributed by atoms with Gasteiger partial charge in [-0.25, -0.2) is 22.0 Å². The number of hydrogen-bond acceptors (Lipinski definition) is 3. The standard InChI is InChI=1S/C29H45F5O3/c1-6-7-8-9-10-11-12-16-22(37-29(35-18(2)3)36-19(4)5)20-14-13-15-21(17-20)23-24(30)26(32)28(34)27(33)25(23)31/h18-22,29H,6-17H2,1-5H3. The van der Waals surface area contributed by atoms with Crippen molar-refractivity contribution in [1.82, 2.24) is 0 Å². The van der Waals surface area contributed by atoms with Crippen LogP contribution in [0.4, 0.5) is 22.0 Å². The Bertz CT molecular complexity index is 778. The van der Waals surface area contributed by atoms with Gasteiger partial charge in [0.25, 0.3) is 6.48 Å². The van der Waals surface area contributed by atoms with Crippen LogP contribution in [0.2, 0.25) is 0 Å². The van der Waals surface area contributed by atoms with E-state index in [2.05, 4.69) is 6.92 Å². The molecule has 1 saturated carbocycles. The smallest absolute Gasteiger partial charge is 0.272 e. The zero-order valence-corrected chi connectivity index (χ0v) is 23.1. The van der Waals surface area contributed by atoms with Crippen molar-refractivity contribution in [2.45, 2.75) is 142 Å². The molecule has 0 aliphatic heterocycles. The highest BCUT2D eigenvalue weighted by Gasteiger charge is 2.37. The van der Waals surface area contributed by atoms with Gasteiger partial charge in [-0.2, -0.15) is 0 Å². The maximum atomic E-state index is 14.6. The maximum absolute atomic E-state index is 14.6. The molecule has 0 saturated heterocycles. The SMILES string of the molecule is CCCCCCCCCC(OC(OC(C)C)OC(C)C)C1CCCC(c2c(F)c(F)c(F)c(F)c2F)C1. The van der Waals surface area contributed by atoms with Gasteiger partial charge >= 0.3 is 0 Å². The third kappa shape index (κ3) is 9.77. The number of halogens is 5. The lowest BCUT2D eigenvalue weighted by Crippen LogP contribution is -2.37. The van der Waals surface area contributed by atoms with Crippen molar-refractivity contribution < 1.29 is 36.2 Å². The minimum absolute atomic E-state index is 0.122. The van der Waals surface area contributed by atoms with Crippen LogP contribution in [-0.2, 0) is 14.2 Å². The van der Waals surface area contributed by atoms with E-state index in [-0.39, 0.29) is 30.7 Å². The van der Waals surface area contributed by atoms with Crippen LogP contribution in [0.25, 0.3) is 0 Å². The second-order valence-corrected chi connectivity index (χ2v) is 10.9. The molecule has 3 atom stereocenters. The first-order valence-corrected chi connectivity index (χ1v) is 14.0. The zero-order valence-electron chi connectivity index (χ0n) is 23.1. The third-order valence-corrected chi connectivity index (χ3v) is 7.04. The van der Waals surface area contributed by atoms with Crippen LogP contribution in [0.5, 0.6) is 0 Å². The summed E-state index contributed by atoms with van der Waals surface area (Å²) < 4.78 is 88.7. The molecule has 214 valence electrons.